The first kappa shape index (κ1) is 15.8. The van der Waals surface area contributed by atoms with Gasteiger partial charge in [0, 0.05) is 19.0 Å². The first-order valence-electron chi connectivity index (χ1n) is 6.62. The fraction of sp³-hybridized carbons (Fsp3) is 0.667. The molecule has 2 heterocycles. The Balaban J connectivity index is 1.98. The molecule has 8 nitrogen and oxygen atoms in total. The Morgan fingerprint density at radius 2 is 2.24 bits per heavy atom. The number of β-amino-alcohol motifs (C(OH)–C–C–N with tert-alkyl or cyclic N) is 1. The van der Waals surface area contributed by atoms with E-state index in [1.165, 1.54) is 16.7 Å². The maximum atomic E-state index is 12.2. The second-order valence-corrected chi connectivity index (χ2v) is 6.14. The van der Waals surface area contributed by atoms with Gasteiger partial charge in [-0.05, 0) is 13.8 Å². The van der Waals surface area contributed by atoms with Crippen LogP contribution in [0.4, 0.5) is 0 Å². The van der Waals surface area contributed by atoms with Gasteiger partial charge in [-0.25, -0.2) is 4.79 Å². The number of carbonyl (C=O) groups is 2. The Kier molecular flexibility index (Phi) is 4.84. The molecule has 2 rings (SSSR count). The Labute approximate surface area is 126 Å². The standard InChI is InChI=1S/C12H18N4O4S/c1-7(2)16-6-13-14-12(16)21-5-10(18)15-4-8(17)3-9(15)11(19)20/h6-9,17H,3-5H2,1-2H3,(H,19,20)/t8-,9-/m0/s1. The quantitative estimate of drug-likeness (QED) is 0.736. The predicted molar refractivity (Wildman–Crippen MR) is 74.9 cm³/mol. The molecule has 0 aromatic carbocycles. The number of rotatable bonds is 5. The molecular formula is C12H18N4O4S. The summed E-state index contributed by atoms with van der Waals surface area (Å²) in [4.78, 5) is 24.5. The molecule has 0 saturated carbocycles. The van der Waals surface area contributed by atoms with Gasteiger partial charge in [0.15, 0.2) is 5.16 Å². The molecule has 0 bridgehead atoms. The number of aliphatic hydroxyl groups excluding tert-OH is 1. The lowest BCUT2D eigenvalue weighted by Crippen LogP contribution is -2.41. The van der Waals surface area contributed by atoms with E-state index in [4.69, 9.17) is 5.11 Å². The highest BCUT2D eigenvalue weighted by atomic mass is 32.2. The van der Waals surface area contributed by atoms with Gasteiger partial charge in [-0.3, -0.25) is 4.79 Å². The number of hydrogen-bond acceptors (Lipinski definition) is 6. The number of aromatic nitrogens is 3. The SMILES string of the molecule is CC(C)n1cnnc1SCC(=O)N1C[C@@H](O)C[C@H]1C(=O)O. The van der Waals surface area contributed by atoms with Crippen molar-refractivity contribution in [2.75, 3.05) is 12.3 Å². The van der Waals surface area contributed by atoms with Gasteiger partial charge in [-0.1, -0.05) is 11.8 Å². The van der Waals surface area contributed by atoms with E-state index in [0.717, 1.165) is 0 Å². The fourth-order valence-corrected chi connectivity index (χ4v) is 3.15. The summed E-state index contributed by atoms with van der Waals surface area (Å²) in [7, 11) is 0. The normalized spacial score (nSPS) is 22.0. The Morgan fingerprint density at radius 1 is 1.52 bits per heavy atom. The summed E-state index contributed by atoms with van der Waals surface area (Å²) < 4.78 is 1.84. The van der Waals surface area contributed by atoms with Crippen LogP contribution >= 0.6 is 11.8 Å². The highest BCUT2D eigenvalue weighted by Gasteiger charge is 2.38. The van der Waals surface area contributed by atoms with E-state index in [1.807, 2.05) is 18.4 Å². The van der Waals surface area contributed by atoms with Crippen LogP contribution in [0.3, 0.4) is 0 Å². The molecule has 9 heteroatoms. The van der Waals surface area contributed by atoms with Crippen LogP contribution in [0.15, 0.2) is 11.5 Å². The van der Waals surface area contributed by atoms with Gasteiger partial charge in [0.1, 0.15) is 12.4 Å². The topological polar surface area (TPSA) is 109 Å². The van der Waals surface area contributed by atoms with Crippen molar-refractivity contribution >= 4 is 23.6 Å². The highest BCUT2D eigenvalue weighted by Crippen LogP contribution is 2.23. The van der Waals surface area contributed by atoms with Gasteiger partial charge in [-0.15, -0.1) is 10.2 Å². The number of aliphatic hydroxyl groups is 1. The van der Waals surface area contributed by atoms with Crippen molar-refractivity contribution in [2.45, 2.75) is 43.6 Å². The summed E-state index contributed by atoms with van der Waals surface area (Å²) in [6.07, 6.45) is 0.893. The van der Waals surface area contributed by atoms with Crippen LogP contribution in [0.2, 0.25) is 0 Å². The van der Waals surface area contributed by atoms with E-state index in [2.05, 4.69) is 10.2 Å². The van der Waals surface area contributed by atoms with Crippen LogP contribution in [0.5, 0.6) is 0 Å². The van der Waals surface area contributed by atoms with E-state index in [-0.39, 0.29) is 30.7 Å². The third-order valence-electron chi connectivity index (χ3n) is 3.31. The molecule has 1 amide bonds. The summed E-state index contributed by atoms with van der Waals surface area (Å²) in [5.74, 6) is -1.33. The predicted octanol–water partition coefficient (Wildman–Crippen LogP) is -0.00250. The highest BCUT2D eigenvalue weighted by molar-refractivity contribution is 7.99. The van der Waals surface area contributed by atoms with Crippen LogP contribution in [-0.4, -0.2) is 66.2 Å². The zero-order chi connectivity index (χ0) is 15.6. The molecule has 0 aliphatic carbocycles. The third-order valence-corrected chi connectivity index (χ3v) is 4.25. The van der Waals surface area contributed by atoms with Gasteiger partial charge >= 0.3 is 5.97 Å². The number of nitrogens with zero attached hydrogens (tertiary/aromatic N) is 4. The van der Waals surface area contributed by atoms with Crippen molar-refractivity contribution in [3.8, 4) is 0 Å². The largest absolute Gasteiger partial charge is 0.480 e. The molecule has 1 aromatic heterocycles. The van der Waals surface area contributed by atoms with E-state index in [0.29, 0.717) is 5.16 Å². The Morgan fingerprint density at radius 3 is 2.86 bits per heavy atom. The average Bonchev–Trinajstić information content (AvgIpc) is 3.01. The molecule has 1 saturated heterocycles. The zero-order valence-corrected chi connectivity index (χ0v) is 12.7. The van der Waals surface area contributed by atoms with Gasteiger partial charge < -0.3 is 19.7 Å². The smallest absolute Gasteiger partial charge is 0.326 e. The lowest BCUT2D eigenvalue weighted by Gasteiger charge is -2.20. The second-order valence-electron chi connectivity index (χ2n) is 5.19. The molecule has 21 heavy (non-hydrogen) atoms. The average molecular weight is 314 g/mol. The molecule has 116 valence electrons. The molecule has 1 aliphatic heterocycles. The molecule has 2 N–H and O–H groups in total. The summed E-state index contributed by atoms with van der Waals surface area (Å²) in [6, 6.07) is -0.769. The number of hydrogen-bond donors (Lipinski definition) is 2. The lowest BCUT2D eigenvalue weighted by molar-refractivity contribution is -0.147. The number of carbonyl (C=O) groups excluding carboxylic acids is 1. The molecule has 0 unspecified atom stereocenters. The van der Waals surface area contributed by atoms with Crippen molar-refractivity contribution < 1.29 is 19.8 Å². The molecule has 1 fully saturated rings. The van der Waals surface area contributed by atoms with Crippen molar-refractivity contribution in [2.24, 2.45) is 0 Å². The molecule has 1 aliphatic rings. The van der Waals surface area contributed by atoms with E-state index in [1.54, 1.807) is 6.33 Å². The van der Waals surface area contributed by atoms with Gasteiger partial charge in [0.2, 0.25) is 5.91 Å². The molecule has 1 aromatic rings. The van der Waals surface area contributed by atoms with E-state index < -0.39 is 18.1 Å². The minimum atomic E-state index is -1.09. The maximum Gasteiger partial charge on any atom is 0.326 e. The van der Waals surface area contributed by atoms with Crippen molar-refractivity contribution in [1.29, 1.82) is 0 Å². The van der Waals surface area contributed by atoms with Crippen molar-refractivity contribution in [3.63, 3.8) is 0 Å². The maximum absolute atomic E-state index is 12.2. The number of amides is 1. The molecular weight excluding hydrogens is 296 g/mol. The number of likely N-dealkylation sites (tertiary alicyclic amines) is 1. The van der Waals surface area contributed by atoms with Crippen LogP contribution in [-0.2, 0) is 9.59 Å². The van der Waals surface area contributed by atoms with Gasteiger partial charge in [0.25, 0.3) is 0 Å². The fourth-order valence-electron chi connectivity index (χ4n) is 2.22. The minimum Gasteiger partial charge on any atom is -0.480 e. The van der Waals surface area contributed by atoms with Crippen LogP contribution in [0.25, 0.3) is 0 Å². The first-order valence-corrected chi connectivity index (χ1v) is 7.61. The number of carboxylic acid groups (broad SMARTS) is 1. The monoisotopic (exact) mass is 314 g/mol. The van der Waals surface area contributed by atoms with E-state index in [9.17, 15) is 14.7 Å². The Hall–Kier alpha value is -1.61. The minimum absolute atomic E-state index is 0.0627. The molecule has 0 spiro atoms. The molecule has 0 radical (unpaired) electrons. The van der Waals surface area contributed by atoms with Crippen molar-refractivity contribution in [1.82, 2.24) is 19.7 Å². The van der Waals surface area contributed by atoms with Gasteiger partial charge in [-0.2, -0.15) is 0 Å². The number of thioether (sulfide) groups is 1. The summed E-state index contributed by atoms with van der Waals surface area (Å²) in [5.41, 5.74) is 0. The summed E-state index contributed by atoms with van der Waals surface area (Å²) >= 11 is 1.22. The lowest BCUT2D eigenvalue weighted by atomic mass is 10.2. The van der Waals surface area contributed by atoms with Crippen LogP contribution in [0.1, 0.15) is 26.3 Å². The first-order chi connectivity index (χ1) is 9.90. The van der Waals surface area contributed by atoms with Crippen molar-refractivity contribution in [3.05, 3.63) is 6.33 Å². The molecule has 2 atom stereocenters. The second kappa shape index (κ2) is 6.44. The number of carboxylic acids is 1. The number of aliphatic carboxylic acids is 1. The Bertz CT molecular complexity index is 533. The summed E-state index contributed by atoms with van der Waals surface area (Å²) in [5, 5.41) is 27.0. The van der Waals surface area contributed by atoms with Gasteiger partial charge in [0.05, 0.1) is 11.9 Å². The van der Waals surface area contributed by atoms with E-state index >= 15 is 0 Å². The van der Waals surface area contributed by atoms with Crippen LogP contribution in [0, 0.1) is 0 Å². The zero-order valence-electron chi connectivity index (χ0n) is 11.8. The van der Waals surface area contributed by atoms with Crippen LogP contribution < -0.4 is 0 Å². The summed E-state index contributed by atoms with van der Waals surface area (Å²) in [6.45, 7) is 4.02. The third kappa shape index (κ3) is 3.53.